The number of ether oxygens (including phenoxy) is 1. The van der Waals surface area contributed by atoms with Crippen LogP contribution in [0.25, 0.3) is 0 Å². The summed E-state index contributed by atoms with van der Waals surface area (Å²) in [6.45, 7) is -0.0438. The van der Waals surface area contributed by atoms with Gasteiger partial charge in [0.1, 0.15) is 0 Å². The Morgan fingerprint density at radius 1 is 0.800 bits per heavy atom. The molecule has 0 spiro atoms. The fourth-order valence-corrected chi connectivity index (χ4v) is 1.87. The Balaban J connectivity index is 2.01. The van der Waals surface area contributed by atoms with E-state index in [0.717, 1.165) is 5.56 Å². The van der Waals surface area contributed by atoms with Crippen molar-refractivity contribution in [2.24, 2.45) is 0 Å². The predicted octanol–water partition coefficient (Wildman–Crippen LogP) is 4.38. The molecule has 0 fully saturated rings. The maximum Gasteiger partial charge on any atom is 0.414 e. The lowest BCUT2D eigenvalue weighted by Crippen LogP contribution is -2.33. The van der Waals surface area contributed by atoms with E-state index >= 15 is 0 Å². The molecule has 0 aliphatic carbocycles. The van der Waals surface area contributed by atoms with Crippen molar-refractivity contribution in [1.82, 2.24) is 0 Å². The summed E-state index contributed by atoms with van der Waals surface area (Å²) in [6, 6.07) is 17.4. The van der Waals surface area contributed by atoms with Crippen LogP contribution < -0.4 is 0 Å². The molecule has 2 aromatic carbocycles. The summed E-state index contributed by atoms with van der Waals surface area (Å²) in [5, 5.41) is 0. The van der Waals surface area contributed by atoms with Crippen LogP contribution in [-0.2, 0) is 17.8 Å². The minimum absolute atomic E-state index is 0.0438. The minimum atomic E-state index is -4.37. The van der Waals surface area contributed by atoms with Gasteiger partial charge in [-0.25, -0.2) is 0 Å². The number of hydrogen-bond donors (Lipinski definition) is 0. The Labute approximate surface area is 116 Å². The van der Waals surface area contributed by atoms with Crippen LogP contribution in [0.1, 0.15) is 11.1 Å². The molecule has 0 radical (unpaired) electrons. The lowest BCUT2D eigenvalue weighted by Gasteiger charge is -2.21. The molecular formula is C16H15F3O. The standard InChI is InChI=1S/C16H15F3O/c17-16(18,19)15(11-13-7-3-1-4-8-13)20-12-14-9-5-2-6-10-14/h1-10,15H,11-12H2/t15-/m0/s1. The molecule has 1 atom stereocenters. The Hall–Kier alpha value is -1.81. The van der Waals surface area contributed by atoms with Crippen LogP contribution in [-0.4, -0.2) is 12.3 Å². The van der Waals surface area contributed by atoms with Crippen molar-refractivity contribution in [2.45, 2.75) is 25.3 Å². The molecule has 2 rings (SSSR count). The monoisotopic (exact) mass is 280 g/mol. The van der Waals surface area contributed by atoms with Crippen LogP contribution in [0.2, 0.25) is 0 Å². The first-order valence-electron chi connectivity index (χ1n) is 6.32. The quantitative estimate of drug-likeness (QED) is 0.790. The van der Waals surface area contributed by atoms with Gasteiger partial charge in [0, 0.05) is 6.42 Å². The van der Waals surface area contributed by atoms with Crippen molar-refractivity contribution >= 4 is 0 Å². The smallest absolute Gasteiger partial charge is 0.364 e. The molecular weight excluding hydrogens is 265 g/mol. The van der Waals surface area contributed by atoms with Crippen LogP contribution in [0, 0.1) is 0 Å². The molecule has 0 aliphatic rings. The highest BCUT2D eigenvalue weighted by Crippen LogP contribution is 2.26. The van der Waals surface area contributed by atoms with Crippen molar-refractivity contribution < 1.29 is 17.9 Å². The van der Waals surface area contributed by atoms with Crippen molar-refractivity contribution in [2.75, 3.05) is 0 Å². The Kier molecular flexibility index (Phi) is 4.79. The highest BCUT2D eigenvalue weighted by atomic mass is 19.4. The maximum atomic E-state index is 13.0. The van der Waals surface area contributed by atoms with Crippen LogP contribution in [0.3, 0.4) is 0 Å². The molecule has 0 aromatic heterocycles. The van der Waals surface area contributed by atoms with Gasteiger partial charge in [-0.05, 0) is 11.1 Å². The van der Waals surface area contributed by atoms with Gasteiger partial charge in [-0.2, -0.15) is 13.2 Å². The molecule has 0 saturated carbocycles. The van der Waals surface area contributed by atoms with Gasteiger partial charge < -0.3 is 4.74 Å². The number of hydrogen-bond acceptors (Lipinski definition) is 1. The van der Waals surface area contributed by atoms with E-state index in [1.165, 1.54) is 0 Å². The summed E-state index contributed by atoms with van der Waals surface area (Å²) in [4.78, 5) is 0. The molecule has 2 aromatic rings. The minimum Gasteiger partial charge on any atom is -0.364 e. The van der Waals surface area contributed by atoms with Gasteiger partial charge in [0.15, 0.2) is 6.10 Å². The zero-order valence-electron chi connectivity index (χ0n) is 10.8. The first-order chi connectivity index (χ1) is 9.55. The van der Waals surface area contributed by atoms with E-state index in [2.05, 4.69) is 0 Å². The van der Waals surface area contributed by atoms with Crippen molar-refractivity contribution in [3.8, 4) is 0 Å². The SMILES string of the molecule is FC(F)(F)[C@H](Cc1ccccc1)OCc1ccccc1. The predicted molar refractivity (Wildman–Crippen MR) is 71.2 cm³/mol. The van der Waals surface area contributed by atoms with Gasteiger partial charge in [0.25, 0.3) is 0 Å². The summed E-state index contributed by atoms with van der Waals surface area (Å²) in [5.41, 5.74) is 1.35. The van der Waals surface area contributed by atoms with Gasteiger partial charge in [-0.15, -0.1) is 0 Å². The second-order valence-corrected chi connectivity index (χ2v) is 4.52. The van der Waals surface area contributed by atoms with Crippen LogP contribution in [0.15, 0.2) is 60.7 Å². The van der Waals surface area contributed by atoms with E-state index in [1.807, 2.05) is 6.07 Å². The maximum absolute atomic E-state index is 13.0. The molecule has 106 valence electrons. The van der Waals surface area contributed by atoms with E-state index in [1.54, 1.807) is 54.6 Å². The highest BCUT2D eigenvalue weighted by molar-refractivity contribution is 5.16. The normalized spacial score (nSPS) is 13.2. The second kappa shape index (κ2) is 6.57. The molecule has 0 N–H and O–H groups in total. The molecule has 4 heteroatoms. The molecule has 20 heavy (non-hydrogen) atoms. The lowest BCUT2D eigenvalue weighted by atomic mass is 10.1. The highest BCUT2D eigenvalue weighted by Gasteiger charge is 2.40. The van der Waals surface area contributed by atoms with E-state index in [4.69, 9.17) is 4.74 Å². The Bertz CT molecular complexity index is 508. The van der Waals surface area contributed by atoms with Crippen LogP contribution >= 0.6 is 0 Å². The number of halogens is 3. The summed E-state index contributed by atoms with van der Waals surface area (Å²) in [5.74, 6) is 0. The molecule has 0 bridgehead atoms. The van der Waals surface area contributed by atoms with Crippen LogP contribution in [0.5, 0.6) is 0 Å². The van der Waals surface area contributed by atoms with Crippen molar-refractivity contribution in [3.63, 3.8) is 0 Å². The molecule has 0 aliphatic heterocycles. The molecule has 0 unspecified atom stereocenters. The van der Waals surface area contributed by atoms with E-state index in [9.17, 15) is 13.2 Å². The molecule has 0 amide bonds. The Morgan fingerprint density at radius 3 is 1.80 bits per heavy atom. The summed E-state index contributed by atoms with van der Waals surface area (Å²) >= 11 is 0. The van der Waals surface area contributed by atoms with E-state index in [-0.39, 0.29) is 13.0 Å². The Morgan fingerprint density at radius 2 is 1.30 bits per heavy atom. The number of rotatable bonds is 5. The number of benzene rings is 2. The summed E-state index contributed by atoms with van der Waals surface area (Å²) in [6.07, 6.45) is -6.33. The average Bonchev–Trinajstić information content (AvgIpc) is 2.44. The molecule has 0 heterocycles. The summed E-state index contributed by atoms with van der Waals surface area (Å²) in [7, 11) is 0. The van der Waals surface area contributed by atoms with E-state index < -0.39 is 12.3 Å². The van der Waals surface area contributed by atoms with Gasteiger partial charge in [0.05, 0.1) is 6.61 Å². The van der Waals surface area contributed by atoms with E-state index in [0.29, 0.717) is 5.56 Å². The topological polar surface area (TPSA) is 9.23 Å². The second-order valence-electron chi connectivity index (χ2n) is 4.52. The third kappa shape index (κ3) is 4.38. The van der Waals surface area contributed by atoms with Gasteiger partial charge in [-0.1, -0.05) is 60.7 Å². The third-order valence-corrected chi connectivity index (χ3v) is 2.92. The first kappa shape index (κ1) is 14.6. The molecule has 0 saturated heterocycles. The largest absolute Gasteiger partial charge is 0.414 e. The molecule has 1 nitrogen and oxygen atoms in total. The van der Waals surface area contributed by atoms with Gasteiger partial charge in [0.2, 0.25) is 0 Å². The van der Waals surface area contributed by atoms with Crippen molar-refractivity contribution in [1.29, 1.82) is 0 Å². The fraction of sp³-hybridized carbons (Fsp3) is 0.250. The summed E-state index contributed by atoms with van der Waals surface area (Å²) < 4.78 is 44.0. The number of alkyl halides is 3. The van der Waals surface area contributed by atoms with Crippen LogP contribution in [0.4, 0.5) is 13.2 Å². The average molecular weight is 280 g/mol. The van der Waals surface area contributed by atoms with Crippen molar-refractivity contribution in [3.05, 3.63) is 71.8 Å². The first-order valence-corrected chi connectivity index (χ1v) is 6.32. The zero-order chi connectivity index (χ0) is 14.4. The van der Waals surface area contributed by atoms with Gasteiger partial charge >= 0.3 is 6.18 Å². The van der Waals surface area contributed by atoms with Gasteiger partial charge in [-0.3, -0.25) is 0 Å². The zero-order valence-corrected chi connectivity index (χ0v) is 10.8. The third-order valence-electron chi connectivity index (χ3n) is 2.92. The fourth-order valence-electron chi connectivity index (χ4n) is 1.87. The lowest BCUT2D eigenvalue weighted by molar-refractivity contribution is -0.223.